The number of nitrogens with zero attached hydrogens (tertiary/aromatic N) is 5. The van der Waals surface area contributed by atoms with E-state index >= 15 is 0 Å². The maximum Gasteiger partial charge on any atom is 0.416 e. The minimum atomic E-state index is -4.42. The SMILES string of the molecule is COc1ccc(C(C)C)c(N2C(=O)CSC2=NC(=O)Nc2ccc(-c3ncn(-c4ccc(C(F)(F)F)cc4)n3)cc2C)c1. The number of anilines is 2. The molecule has 1 N–H and O–H groups in total. The van der Waals surface area contributed by atoms with Crippen LogP contribution < -0.4 is 15.0 Å². The van der Waals surface area contributed by atoms with Crippen molar-refractivity contribution in [2.45, 2.75) is 32.9 Å². The zero-order chi connectivity index (χ0) is 30.9. The zero-order valence-electron chi connectivity index (χ0n) is 23.6. The van der Waals surface area contributed by atoms with E-state index in [2.05, 4.69) is 20.4 Å². The smallest absolute Gasteiger partial charge is 0.416 e. The molecule has 1 fully saturated rings. The van der Waals surface area contributed by atoms with Crippen LogP contribution in [0.4, 0.5) is 29.3 Å². The van der Waals surface area contributed by atoms with E-state index in [1.54, 1.807) is 38.3 Å². The van der Waals surface area contributed by atoms with Crippen molar-refractivity contribution in [2.24, 2.45) is 4.99 Å². The maximum absolute atomic E-state index is 13.0. The maximum atomic E-state index is 13.0. The second-order valence-electron chi connectivity index (χ2n) is 10.0. The van der Waals surface area contributed by atoms with Crippen molar-refractivity contribution in [2.75, 3.05) is 23.1 Å². The molecule has 3 aromatic carbocycles. The Morgan fingerprint density at radius 2 is 1.84 bits per heavy atom. The minimum absolute atomic E-state index is 0.117. The predicted octanol–water partition coefficient (Wildman–Crippen LogP) is 7.06. The Balaban J connectivity index is 1.33. The van der Waals surface area contributed by atoms with Gasteiger partial charge in [0, 0.05) is 17.3 Å². The molecule has 0 radical (unpaired) electrons. The number of aliphatic imine (C=N–C) groups is 1. The normalized spacial score (nSPS) is 14.6. The molecule has 1 aliphatic heterocycles. The number of nitrogens with one attached hydrogen (secondary N) is 1. The Hall–Kier alpha value is -4.65. The van der Waals surface area contributed by atoms with E-state index in [4.69, 9.17) is 4.74 Å². The average molecular weight is 609 g/mol. The van der Waals surface area contributed by atoms with Crippen LogP contribution in [0.1, 0.15) is 36.5 Å². The van der Waals surface area contributed by atoms with Crippen LogP contribution in [0.2, 0.25) is 0 Å². The van der Waals surface area contributed by atoms with Crippen molar-refractivity contribution in [3.63, 3.8) is 0 Å². The largest absolute Gasteiger partial charge is 0.497 e. The Morgan fingerprint density at radius 3 is 2.49 bits per heavy atom. The third-order valence-corrected chi connectivity index (χ3v) is 7.66. The van der Waals surface area contributed by atoms with Gasteiger partial charge in [-0.25, -0.2) is 14.5 Å². The van der Waals surface area contributed by atoms with Gasteiger partial charge in [-0.1, -0.05) is 31.7 Å². The fourth-order valence-corrected chi connectivity index (χ4v) is 5.37. The first kappa shape index (κ1) is 29.8. The van der Waals surface area contributed by atoms with Gasteiger partial charge in [-0.05, 0) is 72.5 Å². The predicted molar refractivity (Wildman–Crippen MR) is 160 cm³/mol. The lowest BCUT2D eigenvalue weighted by Crippen LogP contribution is -2.31. The van der Waals surface area contributed by atoms with Crippen LogP contribution in [0.25, 0.3) is 17.1 Å². The number of hydrogen-bond acceptors (Lipinski definition) is 6. The summed E-state index contributed by atoms with van der Waals surface area (Å²) in [5, 5.41) is 7.42. The quantitative estimate of drug-likeness (QED) is 0.252. The molecule has 2 heterocycles. The summed E-state index contributed by atoms with van der Waals surface area (Å²) in [6.45, 7) is 5.83. The van der Waals surface area contributed by atoms with Crippen LogP contribution in [0.3, 0.4) is 0 Å². The lowest BCUT2D eigenvalue weighted by atomic mass is 10.00. The van der Waals surface area contributed by atoms with Crippen molar-refractivity contribution >= 4 is 40.2 Å². The number of amidine groups is 1. The van der Waals surface area contributed by atoms with Crippen LogP contribution in [-0.4, -0.2) is 44.7 Å². The first-order chi connectivity index (χ1) is 20.4. The number of hydrogen-bond donors (Lipinski definition) is 1. The number of aryl methyl sites for hydroxylation is 1. The average Bonchev–Trinajstić information content (AvgIpc) is 3.60. The highest BCUT2D eigenvalue weighted by atomic mass is 32.2. The molecule has 222 valence electrons. The molecule has 1 aromatic heterocycles. The number of benzene rings is 3. The molecule has 5 rings (SSSR count). The van der Waals surface area contributed by atoms with E-state index in [1.165, 1.54) is 39.8 Å². The second-order valence-corrected chi connectivity index (χ2v) is 11.0. The van der Waals surface area contributed by atoms with E-state index in [0.29, 0.717) is 39.8 Å². The van der Waals surface area contributed by atoms with Gasteiger partial charge in [0.2, 0.25) is 5.91 Å². The number of urea groups is 1. The topological polar surface area (TPSA) is 102 Å². The Morgan fingerprint density at radius 1 is 1.09 bits per heavy atom. The molecule has 0 saturated carbocycles. The standard InChI is InChI=1S/C30H27F3N6O3S/c1-17(2)23-11-10-22(42-4)14-25(23)39-26(40)15-43-29(39)36-28(41)35-24-12-5-19(13-18(24)3)27-34-16-38(37-27)21-8-6-20(7-9-21)30(31,32)33/h5-14,16-17H,15H2,1-4H3,(H,35,41). The number of thioether (sulfide) groups is 1. The third-order valence-electron chi connectivity index (χ3n) is 6.74. The molecule has 0 bridgehead atoms. The molecule has 13 heteroatoms. The molecule has 1 saturated heterocycles. The third kappa shape index (κ3) is 6.41. The summed E-state index contributed by atoms with van der Waals surface area (Å²) >= 11 is 1.18. The van der Waals surface area contributed by atoms with Gasteiger partial charge in [0.25, 0.3) is 0 Å². The van der Waals surface area contributed by atoms with E-state index < -0.39 is 17.8 Å². The van der Waals surface area contributed by atoms with Crippen LogP contribution in [0.15, 0.2) is 72.0 Å². The number of rotatable bonds is 6. The number of carbonyl (C=O) groups excluding carboxylic acids is 2. The number of alkyl halides is 3. The lowest BCUT2D eigenvalue weighted by molar-refractivity contribution is -0.137. The fourth-order valence-electron chi connectivity index (χ4n) is 4.51. The van der Waals surface area contributed by atoms with Crippen molar-refractivity contribution in [1.82, 2.24) is 14.8 Å². The first-order valence-corrected chi connectivity index (χ1v) is 14.2. The van der Waals surface area contributed by atoms with Crippen LogP contribution >= 0.6 is 11.8 Å². The summed E-state index contributed by atoms with van der Waals surface area (Å²) in [5.74, 6) is 1.03. The molecular weight excluding hydrogens is 581 g/mol. The van der Waals surface area contributed by atoms with Gasteiger partial charge in [-0.15, -0.1) is 5.10 Å². The molecule has 0 aliphatic carbocycles. The molecule has 3 amide bonds. The molecule has 0 spiro atoms. The molecule has 43 heavy (non-hydrogen) atoms. The molecular formula is C30H27F3N6O3S. The van der Waals surface area contributed by atoms with E-state index in [0.717, 1.165) is 17.7 Å². The number of halogens is 3. The monoisotopic (exact) mass is 608 g/mol. The number of aromatic nitrogens is 3. The summed E-state index contributed by atoms with van der Waals surface area (Å²) in [4.78, 5) is 35.8. The van der Waals surface area contributed by atoms with Gasteiger partial charge in [0.1, 0.15) is 12.1 Å². The number of amides is 3. The zero-order valence-corrected chi connectivity index (χ0v) is 24.5. The van der Waals surface area contributed by atoms with Gasteiger partial charge in [0.15, 0.2) is 11.0 Å². The van der Waals surface area contributed by atoms with E-state index in [1.807, 2.05) is 26.0 Å². The molecule has 9 nitrogen and oxygen atoms in total. The van der Waals surface area contributed by atoms with Crippen LogP contribution in [-0.2, 0) is 11.0 Å². The molecule has 4 aromatic rings. The van der Waals surface area contributed by atoms with Gasteiger partial charge >= 0.3 is 12.2 Å². The Kier molecular flexibility index (Phi) is 8.27. The summed E-state index contributed by atoms with van der Waals surface area (Å²) < 4.78 is 45.4. The summed E-state index contributed by atoms with van der Waals surface area (Å²) in [5.41, 5.74) is 3.09. The lowest BCUT2D eigenvalue weighted by Gasteiger charge is -2.22. The number of carbonyl (C=O) groups is 2. The Labute approximate surface area is 249 Å². The highest BCUT2D eigenvalue weighted by molar-refractivity contribution is 8.15. The number of methoxy groups -OCH3 is 1. The van der Waals surface area contributed by atoms with Gasteiger partial charge < -0.3 is 10.1 Å². The van der Waals surface area contributed by atoms with Crippen LogP contribution in [0, 0.1) is 6.92 Å². The Bertz CT molecular complexity index is 1720. The highest BCUT2D eigenvalue weighted by Crippen LogP contribution is 2.36. The first-order valence-electron chi connectivity index (χ1n) is 13.2. The molecule has 1 aliphatic rings. The molecule has 0 atom stereocenters. The summed E-state index contributed by atoms with van der Waals surface area (Å²) in [7, 11) is 1.55. The highest BCUT2D eigenvalue weighted by Gasteiger charge is 2.33. The summed E-state index contributed by atoms with van der Waals surface area (Å²) in [6.07, 6.45) is -3.01. The van der Waals surface area contributed by atoms with Crippen molar-refractivity contribution in [1.29, 1.82) is 0 Å². The number of ether oxygens (including phenoxy) is 1. The van der Waals surface area contributed by atoms with Crippen molar-refractivity contribution in [3.8, 4) is 22.8 Å². The fraction of sp³-hybridized carbons (Fsp3) is 0.233. The second kappa shape index (κ2) is 11.9. The van der Waals surface area contributed by atoms with Gasteiger partial charge in [-0.3, -0.25) is 9.69 Å². The van der Waals surface area contributed by atoms with Gasteiger partial charge in [0.05, 0.1) is 29.8 Å². The van der Waals surface area contributed by atoms with Gasteiger partial charge in [-0.2, -0.15) is 18.2 Å². The minimum Gasteiger partial charge on any atom is -0.497 e. The van der Waals surface area contributed by atoms with Crippen molar-refractivity contribution in [3.05, 3.63) is 83.7 Å². The summed E-state index contributed by atoms with van der Waals surface area (Å²) in [6, 6.07) is 14.7. The molecule has 0 unspecified atom stereocenters. The van der Waals surface area contributed by atoms with E-state index in [9.17, 15) is 22.8 Å². The van der Waals surface area contributed by atoms with E-state index in [-0.39, 0.29) is 22.7 Å². The van der Waals surface area contributed by atoms with Crippen LogP contribution in [0.5, 0.6) is 5.75 Å². The van der Waals surface area contributed by atoms with Crippen molar-refractivity contribution < 1.29 is 27.5 Å².